The third-order valence-corrected chi connectivity index (χ3v) is 4.88. The second-order valence-corrected chi connectivity index (χ2v) is 6.88. The van der Waals surface area contributed by atoms with E-state index in [1.165, 1.54) is 0 Å². The van der Waals surface area contributed by atoms with Gasteiger partial charge in [0.15, 0.2) is 0 Å². The molecule has 5 heteroatoms. The first-order valence-electron chi connectivity index (χ1n) is 5.77. The van der Waals surface area contributed by atoms with Gasteiger partial charge in [-0.15, -0.1) is 11.3 Å². The minimum atomic E-state index is 0.140. The number of nitrogens with zero attached hydrogens (tertiary/aromatic N) is 2. The fraction of sp³-hybridized carbons (Fsp3) is 0.583. The molecule has 0 radical (unpaired) electrons. The number of carbonyl (C=O) groups is 1. The van der Waals surface area contributed by atoms with Crippen molar-refractivity contribution in [3.8, 4) is 0 Å². The van der Waals surface area contributed by atoms with Gasteiger partial charge in [0, 0.05) is 18.5 Å². The Balaban J connectivity index is 2.00. The molecular formula is C12H17BrN2OS. The van der Waals surface area contributed by atoms with Gasteiger partial charge in [0.05, 0.1) is 9.35 Å². The quantitative estimate of drug-likeness (QED) is 0.837. The van der Waals surface area contributed by atoms with Crippen LogP contribution in [-0.4, -0.2) is 48.9 Å². The molecule has 0 unspecified atom stereocenters. The summed E-state index contributed by atoms with van der Waals surface area (Å²) in [6.45, 7) is 2.16. The third kappa shape index (κ3) is 3.09. The molecule has 0 aliphatic carbocycles. The first-order chi connectivity index (χ1) is 8.08. The van der Waals surface area contributed by atoms with Crippen LogP contribution in [0.2, 0.25) is 0 Å². The lowest BCUT2D eigenvalue weighted by molar-refractivity contribution is 0.0660. The molecular weight excluding hydrogens is 300 g/mol. The molecule has 0 N–H and O–H groups in total. The summed E-state index contributed by atoms with van der Waals surface area (Å²) in [5.74, 6) is 0.140. The van der Waals surface area contributed by atoms with Crippen molar-refractivity contribution in [3.05, 3.63) is 20.8 Å². The van der Waals surface area contributed by atoms with Crippen molar-refractivity contribution in [2.24, 2.45) is 0 Å². The fourth-order valence-corrected chi connectivity index (χ4v) is 3.30. The van der Waals surface area contributed by atoms with E-state index in [9.17, 15) is 4.79 Å². The van der Waals surface area contributed by atoms with Gasteiger partial charge in [-0.05, 0) is 55.0 Å². The van der Waals surface area contributed by atoms with Crippen LogP contribution in [0.25, 0.3) is 0 Å². The van der Waals surface area contributed by atoms with Crippen LogP contribution < -0.4 is 0 Å². The maximum Gasteiger partial charge on any atom is 0.254 e. The van der Waals surface area contributed by atoms with Crippen molar-refractivity contribution in [2.45, 2.75) is 18.9 Å². The highest BCUT2D eigenvalue weighted by Crippen LogP contribution is 2.23. The predicted molar refractivity (Wildman–Crippen MR) is 74.6 cm³/mol. The van der Waals surface area contributed by atoms with E-state index in [1.807, 2.05) is 23.4 Å². The number of rotatable bonds is 2. The number of halogens is 1. The Morgan fingerprint density at radius 1 is 1.53 bits per heavy atom. The van der Waals surface area contributed by atoms with Gasteiger partial charge in [0.2, 0.25) is 0 Å². The average molecular weight is 317 g/mol. The van der Waals surface area contributed by atoms with Crippen LogP contribution in [0.4, 0.5) is 0 Å². The van der Waals surface area contributed by atoms with Crippen molar-refractivity contribution >= 4 is 33.2 Å². The maximum absolute atomic E-state index is 12.2. The zero-order valence-corrected chi connectivity index (χ0v) is 12.6. The van der Waals surface area contributed by atoms with Crippen LogP contribution in [0.1, 0.15) is 23.2 Å². The highest BCUT2D eigenvalue weighted by molar-refractivity contribution is 9.11. The Labute approximate surface area is 115 Å². The summed E-state index contributed by atoms with van der Waals surface area (Å²) < 4.78 is 1.01. The zero-order valence-electron chi connectivity index (χ0n) is 10.1. The lowest BCUT2D eigenvalue weighted by atomic mass is 10.0. The molecule has 1 aliphatic rings. The van der Waals surface area contributed by atoms with Crippen molar-refractivity contribution in [1.29, 1.82) is 0 Å². The molecule has 1 amide bonds. The molecule has 1 saturated heterocycles. The van der Waals surface area contributed by atoms with Gasteiger partial charge >= 0.3 is 0 Å². The molecule has 1 aromatic heterocycles. The summed E-state index contributed by atoms with van der Waals surface area (Å²) in [7, 11) is 4.05. The van der Waals surface area contributed by atoms with Crippen LogP contribution in [-0.2, 0) is 0 Å². The molecule has 0 saturated carbocycles. The number of piperidine rings is 1. The molecule has 3 nitrogen and oxygen atoms in total. The summed E-state index contributed by atoms with van der Waals surface area (Å²) in [5.41, 5.74) is 0.795. The number of carbonyl (C=O) groups excluding carboxylic acids is 1. The van der Waals surface area contributed by atoms with Gasteiger partial charge in [-0.2, -0.15) is 0 Å². The summed E-state index contributed by atoms with van der Waals surface area (Å²) in [5, 5.41) is 1.91. The summed E-state index contributed by atoms with van der Waals surface area (Å²) >= 11 is 4.95. The van der Waals surface area contributed by atoms with E-state index < -0.39 is 0 Å². The fourth-order valence-electron chi connectivity index (χ4n) is 2.17. The van der Waals surface area contributed by atoms with Gasteiger partial charge < -0.3 is 9.80 Å². The molecule has 0 atom stereocenters. The molecule has 0 bridgehead atoms. The molecule has 94 valence electrons. The lowest BCUT2D eigenvalue weighted by Gasteiger charge is -2.35. The Bertz CT molecular complexity index is 399. The summed E-state index contributed by atoms with van der Waals surface area (Å²) in [6.07, 6.45) is 2.15. The topological polar surface area (TPSA) is 23.6 Å². The smallest absolute Gasteiger partial charge is 0.254 e. The van der Waals surface area contributed by atoms with E-state index in [2.05, 4.69) is 27.9 Å². The number of thiophene rings is 1. The normalized spacial score (nSPS) is 18.3. The third-order valence-electron chi connectivity index (χ3n) is 3.37. The van der Waals surface area contributed by atoms with E-state index in [4.69, 9.17) is 0 Å². The molecule has 0 spiro atoms. The van der Waals surface area contributed by atoms with E-state index in [0.717, 1.165) is 35.3 Å². The summed E-state index contributed by atoms with van der Waals surface area (Å²) in [6, 6.07) is 2.29. The molecule has 17 heavy (non-hydrogen) atoms. The van der Waals surface area contributed by atoms with E-state index >= 15 is 0 Å². The van der Waals surface area contributed by atoms with Gasteiger partial charge in [0.1, 0.15) is 0 Å². The lowest BCUT2D eigenvalue weighted by Crippen LogP contribution is -2.44. The predicted octanol–water partition coefficient (Wildman–Crippen LogP) is 2.68. The standard InChI is InChI=1S/C12H17BrN2OS/c1-14-5-3-10(4-6-14)15(2)12(16)9-7-11(13)17-8-9/h7-8,10H,3-6H2,1-2H3. The second-order valence-electron chi connectivity index (χ2n) is 4.59. The zero-order chi connectivity index (χ0) is 12.4. The van der Waals surface area contributed by atoms with Crippen LogP contribution >= 0.6 is 27.3 Å². The van der Waals surface area contributed by atoms with Crippen LogP contribution in [0, 0.1) is 0 Å². The van der Waals surface area contributed by atoms with E-state index in [1.54, 1.807) is 11.3 Å². The number of hydrogen-bond donors (Lipinski definition) is 0. The SMILES string of the molecule is CN1CCC(N(C)C(=O)c2csc(Br)c2)CC1. The maximum atomic E-state index is 12.2. The van der Waals surface area contributed by atoms with Crippen molar-refractivity contribution in [2.75, 3.05) is 27.2 Å². The van der Waals surface area contributed by atoms with Crippen molar-refractivity contribution in [3.63, 3.8) is 0 Å². The molecule has 2 rings (SSSR count). The first-order valence-corrected chi connectivity index (χ1v) is 7.45. The number of amides is 1. The van der Waals surface area contributed by atoms with Crippen molar-refractivity contribution < 1.29 is 4.79 Å². The van der Waals surface area contributed by atoms with Gasteiger partial charge in [-0.25, -0.2) is 0 Å². The molecule has 0 aromatic carbocycles. The molecule has 2 heterocycles. The first kappa shape index (κ1) is 13.1. The van der Waals surface area contributed by atoms with Crippen molar-refractivity contribution in [1.82, 2.24) is 9.80 Å². The number of likely N-dealkylation sites (tertiary alicyclic amines) is 1. The number of hydrogen-bond acceptors (Lipinski definition) is 3. The largest absolute Gasteiger partial charge is 0.339 e. The summed E-state index contributed by atoms with van der Waals surface area (Å²) in [4.78, 5) is 16.5. The van der Waals surface area contributed by atoms with Crippen LogP contribution in [0.3, 0.4) is 0 Å². The highest BCUT2D eigenvalue weighted by atomic mass is 79.9. The van der Waals surface area contributed by atoms with Gasteiger partial charge in [0.25, 0.3) is 5.91 Å². The Hall–Kier alpha value is -0.390. The molecule has 1 aliphatic heterocycles. The highest BCUT2D eigenvalue weighted by Gasteiger charge is 2.24. The Morgan fingerprint density at radius 3 is 2.71 bits per heavy atom. The molecule has 1 fully saturated rings. The van der Waals surface area contributed by atoms with E-state index in [-0.39, 0.29) is 5.91 Å². The van der Waals surface area contributed by atoms with Crippen LogP contribution in [0.5, 0.6) is 0 Å². The average Bonchev–Trinajstić information content (AvgIpc) is 2.75. The van der Waals surface area contributed by atoms with E-state index in [0.29, 0.717) is 6.04 Å². The Kier molecular flexibility index (Phi) is 4.22. The van der Waals surface area contributed by atoms with Gasteiger partial charge in [-0.1, -0.05) is 0 Å². The second kappa shape index (κ2) is 5.50. The monoisotopic (exact) mass is 316 g/mol. The molecule has 1 aromatic rings. The Morgan fingerprint density at radius 2 is 2.18 bits per heavy atom. The minimum Gasteiger partial charge on any atom is -0.339 e. The van der Waals surface area contributed by atoms with Crippen LogP contribution in [0.15, 0.2) is 15.2 Å². The minimum absolute atomic E-state index is 0.140. The van der Waals surface area contributed by atoms with Gasteiger partial charge in [-0.3, -0.25) is 4.79 Å².